The van der Waals surface area contributed by atoms with E-state index in [1.165, 1.54) is 0 Å². The second kappa shape index (κ2) is 11.2. The lowest BCUT2D eigenvalue weighted by Crippen LogP contribution is -2.38. The smallest absolute Gasteiger partial charge is 0.228 e. The standard InChI is InChI=1S/C32H36N6O2/c1-19(2)25-17-26(25)30(39)37-27-10-4-8-23-22(27)12-11-20(3)29(23)40-31-24(9-6-15-34-31)28-13-16-35-32(38-28)36-21-7-5-14-33-18-21/h4,6,8-13,15-16,19,21,25-26,33H,5,7,14,17-18H2,1-3H3,(H,37,39)(H,35,36,38). The van der Waals surface area contributed by atoms with Gasteiger partial charge in [0.15, 0.2) is 0 Å². The van der Waals surface area contributed by atoms with Gasteiger partial charge in [-0.25, -0.2) is 15.0 Å². The molecule has 1 aliphatic heterocycles. The van der Waals surface area contributed by atoms with Crippen molar-refractivity contribution in [2.75, 3.05) is 23.7 Å². The maximum Gasteiger partial charge on any atom is 0.228 e. The van der Waals surface area contributed by atoms with E-state index in [1.807, 2.05) is 55.5 Å². The number of aryl methyl sites for hydroxylation is 1. The third-order valence-electron chi connectivity index (χ3n) is 8.03. The number of hydrogen-bond acceptors (Lipinski definition) is 7. The van der Waals surface area contributed by atoms with Crippen molar-refractivity contribution in [3.8, 4) is 22.9 Å². The van der Waals surface area contributed by atoms with Crippen LogP contribution in [0.4, 0.5) is 11.6 Å². The van der Waals surface area contributed by atoms with Crippen LogP contribution < -0.4 is 20.7 Å². The fourth-order valence-electron chi connectivity index (χ4n) is 5.66. The lowest BCUT2D eigenvalue weighted by atomic mass is 10.0. The highest BCUT2D eigenvalue weighted by Gasteiger charge is 2.44. The topological polar surface area (TPSA) is 101 Å². The number of hydrogen-bond donors (Lipinski definition) is 3. The average Bonchev–Trinajstić information content (AvgIpc) is 3.78. The molecule has 0 radical (unpaired) electrons. The SMILES string of the molecule is Cc1ccc2c(NC(=O)C3CC3C(C)C)cccc2c1Oc1ncccc1-c1ccnc(NC2CCCNC2)n1. The molecule has 3 atom stereocenters. The normalized spacial score (nSPS) is 20.4. The molecule has 2 fully saturated rings. The Balaban J connectivity index is 1.29. The zero-order valence-electron chi connectivity index (χ0n) is 23.3. The molecule has 2 aromatic carbocycles. The fraction of sp³-hybridized carbons (Fsp3) is 0.375. The van der Waals surface area contributed by atoms with E-state index in [-0.39, 0.29) is 11.8 Å². The molecule has 8 heteroatoms. The first-order chi connectivity index (χ1) is 19.5. The van der Waals surface area contributed by atoms with E-state index in [0.717, 1.165) is 65.6 Å². The number of nitrogens with zero attached hydrogens (tertiary/aromatic N) is 3. The van der Waals surface area contributed by atoms with Crippen molar-refractivity contribution in [3.63, 3.8) is 0 Å². The zero-order valence-corrected chi connectivity index (χ0v) is 23.3. The van der Waals surface area contributed by atoms with E-state index < -0.39 is 0 Å². The summed E-state index contributed by atoms with van der Waals surface area (Å²) in [6.45, 7) is 8.33. The minimum atomic E-state index is 0.0918. The highest BCUT2D eigenvalue weighted by molar-refractivity contribution is 6.05. The molecule has 2 aromatic heterocycles. The number of rotatable bonds is 8. The van der Waals surface area contributed by atoms with Gasteiger partial charge in [-0.1, -0.05) is 38.1 Å². The summed E-state index contributed by atoms with van der Waals surface area (Å²) in [5.41, 5.74) is 3.29. The second-order valence-electron chi connectivity index (χ2n) is 11.3. The molecule has 2 aliphatic rings. The van der Waals surface area contributed by atoms with E-state index in [2.05, 4.69) is 39.8 Å². The summed E-state index contributed by atoms with van der Waals surface area (Å²) >= 11 is 0. The summed E-state index contributed by atoms with van der Waals surface area (Å²) in [7, 11) is 0. The van der Waals surface area contributed by atoms with Crippen LogP contribution in [0, 0.1) is 24.7 Å². The van der Waals surface area contributed by atoms with Crippen LogP contribution in [-0.2, 0) is 4.79 Å². The van der Waals surface area contributed by atoms with Crippen LogP contribution in [0.1, 0.15) is 38.7 Å². The van der Waals surface area contributed by atoms with E-state index in [0.29, 0.717) is 35.5 Å². The molecule has 0 bridgehead atoms. The number of ether oxygens (including phenoxy) is 1. The predicted molar refractivity (Wildman–Crippen MR) is 159 cm³/mol. The second-order valence-corrected chi connectivity index (χ2v) is 11.3. The molecule has 4 aromatic rings. The largest absolute Gasteiger partial charge is 0.437 e. The first-order valence-electron chi connectivity index (χ1n) is 14.2. The lowest BCUT2D eigenvalue weighted by molar-refractivity contribution is -0.117. The zero-order chi connectivity index (χ0) is 27.6. The van der Waals surface area contributed by atoms with Gasteiger partial charge in [0, 0.05) is 47.4 Å². The monoisotopic (exact) mass is 536 g/mol. The van der Waals surface area contributed by atoms with Crippen LogP contribution in [-0.4, -0.2) is 40.0 Å². The summed E-state index contributed by atoms with van der Waals surface area (Å²) in [6, 6.07) is 16.0. The molecular weight excluding hydrogens is 500 g/mol. The number of carbonyl (C=O) groups excluding carboxylic acids is 1. The van der Waals surface area contributed by atoms with Crippen molar-refractivity contribution >= 4 is 28.3 Å². The van der Waals surface area contributed by atoms with E-state index in [4.69, 9.17) is 9.72 Å². The minimum absolute atomic E-state index is 0.0918. The molecule has 3 heterocycles. The number of carbonyl (C=O) groups is 1. The molecule has 1 aliphatic carbocycles. The van der Waals surface area contributed by atoms with Gasteiger partial charge in [0.2, 0.25) is 17.7 Å². The Hall–Kier alpha value is -4.04. The van der Waals surface area contributed by atoms with Crippen LogP contribution in [0.5, 0.6) is 11.6 Å². The number of anilines is 2. The van der Waals surface area contributed by atoms with Gasteiger partial charge in [0.05, 0.1) is 11.3 Å². The average molecular weight is 537 g/mol. The van der Waals surface area contributed by atoms with Crippen molar-refractivity contribution < 1.29 is 9.53 Å². The summed E-state index contributed by atoms with van der Waals surface area (Å²) in [6.07, 6.45) is 6.66. The summed E-state index contributed by atoms with van der Waals surface area (Å²) in [4.78, 5) is 26.8. The highest BCUT2D eigenvalue weighted by atomic mass is 16.5. The Morgan fingerprint density at radius 1 is 1.05 bits per heavy atom. The molecule has 0 spiro atoms. The van der Waals surface area contributed by atoms with Crippen molar-refractivity contribution in [1.82, 2.24) is 20.3 Å². The molecular formula is C32H36N6O2. The molecule has 1 saturated heterocycles. The van der Waals surface area contributed by atoms with Gasteiger partial charge in [-0.2, -0.15) is 0 Å². The third-order valence-corrected chi connectivity index (χ3v) is 8.03. The van der Waals surface area contributed by atoms with Crippen LogP contribution in [0.25, 0.3) is 22.0 Å². The Labute approximate surface area is 235 Å². The van der Waals surface area contributed by atoms with Gasteiger partial charge < -0.3 is 20.7 Å². The molecule has 6 rings (SSSR count). The number of benzene rings is 2. The van der Waals surface area contributed by atoms with Crippen LogP contribution in [0.2, 0.25) is 0 Å². The number of fused-ring (bicyclic) bond motifs is 1. The summed E-state index contributed by atoms with van der Waals surface area (Å²) in [5.74, 6) is 2.95. The molecule has 1 amide bonds. The van der Waals surface area contributed by atoms with Crippen LogP contribution >= 0.6 is 0 Å². The number of aromatic nitrogens is 3. The maximum atomic E-state index is 13.0. The van der Waals surface area contributed by atoms with Crippen molar-refractivity contribution in [2.24, 2.45) is 17.8 Å². The van der Waals surface area contributed by atoms with Gasteiger partial charge in [-0.05, 0) is 74.4 Å². The van der Waals surface area contributed by atoms with E-state index in [1.54, 1.807) is 12.4 Å². The van der Waals surface area contributed by atoms with Crippen molar-refractivity contribution in [3.05, 3.63) is 66.5 Å². The Morgan fingerprint density at radius 2 is 1.95 bits per heavy atom. The maximum absolute atomic E-state index is 13.0. The quantitative estimate of drug-likeness (QED) is 0.247. The number of nitrogens with one attached hydrogen (secondary N) is 3. The molecule has 3 unspecified atom stereocenters. The van der Waals surface area contributed by atoms with Crippen molar-refractivity contribution in [2.45, 2.75) is 46.1 Å². The van der Waals surface area contributed by atoms with Gasteiger partial charge in [0.1, 0.15) is 5.75 Å². The Bertz CT molecular complexity index is 1530. The molecule has 206 valence electrons. The van der Waals surface area contributed by atoms with Crippen molar-refractivity contribution in [1.29, 1.82) is 0 Å². The summed E-state index contributed by atoms with van der Waals surface area (Å²) < 4.78 is 6.55. The molecule has 3 N–H and O–H groups in total. The van der Waals surface area contributed by atoms with Crippen LogP contribution in [0.15, 0.2) is 60.9 Å². The number of piperidine rings is 1. The minimum Gasteiger partial charge on any atom is -0.437 e. The Kier molecular flexibility index (Phi) is 7.34. The Morgan fingerprint density at radius 3 is 2.75 bits per heavy atom. The van der Waals surface area contributed by atoms with Gasteiger partial charge in [0.25, 0.3) is 0 Å². The van der Waals surface area contributed by atoms with Crippen LogP contribution in [0.3, 0.4) is 0 Å². The van der Waals surface area contributed by atoms with Gasteiger partial charge >= 0.3 is 0 Å². The van der Waals surface area contributed by atoms with E-state index in [9.17, 15) is 4.79 Å². The lowest BCUT2D eigenvalue weighted by Gasteiger charge is -2.23. The first-order valence-corrected chi connectivity index (χ1v) is 14.2. The van der Waals surface area contributed by atoms with Gasteiger partial charge in [-0.3, -0.25) is 4.79 Å². The first kappa shape index (κ1) is 26.2. The van der Waals surface area contributed by atoms with Gasteiger partial charge in [-0.15, -0.1) is 0 Å². The van der Waals surface area contributed by atoms with E-state index >= 15 is 0 Å². The third kappa shape index (κ3) is 5.49. The summed E-state index contributed by atoms with van der Waals surface area (Å²) in [5, 5.41) is 11.9. The fourth-order valence-corrected chi connectivity index (χ4v) is 5.66. The molecule has 40 heavy (non-hydrogen) atoms. The number of amides is 1. The highest BCUT2D eigenvalue weighted by Crippen LogP contribution is 2.45. The number of pyridine rings is 1. The molecule has 1 saturated carbocycles. The predicted octanol–water partition coefficient (Wildman–Crippen LogP) is 6.19. The molecule has 8 nitrogen and oxygen atoms in total.